The molecule has 0 saturated heterocycles. The van der Waals surface area contributed by atoms with Crippen molar-refractivity contribution in [3.63, 3.8) is 0 Å². The minimum absolute atomic E-state index is 0.132. The number of thioether (sulfide) groups is 1. The predicted molar refractivity (Wildman–Crippen MR) is 75.7 cm³/mol. The molecule has 1 aromatic heterocycles. The van der Waals surface area contributed by atoms with Gasteiger partial charge in [0.15, 0.2) is 0 Å². The third-order valence-corrected chi connectivity index (χ3v) is 4.89. The quantitative estimate of drug-likeness (QED) is 0.522. The van der Waals surface area contributed by atoms with E-state index in [1.807, 2.05) is 17.5 Å². The largest absolute Gasteiger partial charge is 0.468 e. The Labute approximate surface area is 112 Å². The molecule has 4 heteroatoms. The molecular weight excluding hydrogens is 252 g/mol. The Morgan fingerprint density at radius 3 is 2.88 bits per heavy atom. The van der Waals surface area contributed by atoms with Gasteiger partial charge in [-0.25, -0.2) is 0 Å². The van der Waals surface area contributed by atoms with Gasteiger partial charge in [0, 0.05) is 4.88 Å². The van der Waals surface area contributed by atoms with Crippen LogP contribution in [-0.4, -0.2) is 18.8 Å². The van der Waals surface area contributed by atoms with Gasteiger partial charge in [-0.05, 0) is 23.6 Å². The maximum absolute atomic E-state index is 11.7. The topological polar surface area (TPSA) is 26.3 Å². The Kier molecular flexibility index (Phi) is 7.37. The van der Waals surface area contributed by atoms with Crippen molar-refractivity contribution >= 4 is 29.1 Å². The van der Waals surface area contributed by atoms with Crippen molar-refractivity contribution in [3.05, 3.63) is 22.4 Å². The lowest BCUT2D eigenvalue weighted by molar-refractivity contribution is -0.140. The zero-order valence-corrected chi connectivity index (χ0v) is 12.1. The summed E-state index contributed by atoms with van der Waals surface area (Å²) < 4.78 is 4.86. The van der Waals surface area contributed by atoms with Crippen LogP contribution >= 0.6 is 23.1 Å². The zero-order chi connectivity index (χ0) is 12.5. The molecule has 0 fully saturated rings. The maximum Gasteiger partial charge on any atom is 0.324 e. The summed E-state index contributed by atoms with van der Waals surface area (Å²) in [5.74, 6) is 0.894. The first-order valence-corrected chi connectivity index (χ1v) is 7.95. The number of hydrogen-bond donors (Lipinski definition) is 0. The molecule has 0 radical (unpaired) electrons. The van der Waals surface area contributed by atoms with Gasteiger partial charge in [0.25, 0.3) is 0 Å². The summed E-state index contributed by atoms with van der Waals surface area (Å²) in [6.07, 6.45) is 4.96. The summed E-state index contributed by atoms with van der Waals surface area (Å²) >= 11 is 3.32. The van der Waals surface area contributed by atoms with E-state index in [9.17, 15) is 4.79 Å². The lowest BCUT2D eigenvalue weighted by Crippen LogP contribution is -2.10. The lowest BCUT2D eigenvalue weighted by Gasteiger charge is -2.12. The van der Waals surface area contributed by atoms with E-state index in [-0.39, 0.29) is 11.2 Å². The van der Waals surface area contributed by atoms with Crippen LogP contribution in [0.1, 0.15) is 42.7 Å². The van der Waals surface area contributed by atoms with Gasteiger partial charge in [-0.2, -0.15) is 0 Å². The van der Waals surface area contributed by atoms with Crippen LogP contribution in [0.5, 0.6) is 0 Å². The molecule has 0 aliphatic carbocycles. The highest BCUT2D eigenvalue weighted by molar-refractivity contribution is 8.00. The zero-order valence-electron chi connectivity index (χ0n) is 10.5. The molecule has 0 saturated carbocycles. The number of hydrogen-bond acceptors (Lipinski definition) is 4. The number of unbranched alkanes of at least 4 members (excludes halogenated alkanes) is 3. The van der Waals surface area contributed by atoms with Crippen LogP contribution in [0, 0.1) is 0 Å². The first kappa shape index (κ1) is 14.6. The van der Waals surface area contributed by atoms with E-state index in [4.69, 9.17) is 4.74 Å². The Bertz CT molecular complexity index is 309. The highest BCUT2D eigenvalue weighted by Gasteiger charge is 2.22. The third-order valence-electron chi connectivity index (χ3n) is 2.50. The van der Waals surface area contributed by atoms with Crippen molar-refractivity contribution in [2.24, 2.45) is 0 Å². The van der Waals surface area contributed by atoms with E-state index in [0.29, 0.717) is 0 Å². The van der Waals surface area contributed by atoms with E-state index in [2.05, 4.69) is 6.92 Å². The molecule has 1 aromatic rings. The summed E-state index contributed by atoms with van der Waals surface area (Å²) in [4.78, 5) is 12.8. The molecule has 0 N–H and O–H groups in total. The number of thiophene rings is 1. The van der Waals surface area contributed by atoms with Gasteiger partial charge in [-0.15, -0.1) is 23.1 Å². The van der Waals surface area contributed by atoms with Gasteiger partial charge in [0.1, 0.15) is 5.25 Å². The van der Waals surface area contributed by atoms with Crippen LogP contribution in [0.15, 0.2) is 17.5 Å². The van der Waals surface area contributed by atoms with Crippen LogP contribution in [0.25, 0.3) is 0 Å². The molecule has 0 bridgehead atoms. The van der Waals surface area contributed by atoms with Gasteiger partial charge in [-0.3, -0.25) is 4.79 Å². The maximum atomic E-state index is 11.7. The highest BCUT2D eigenvalue weighted by Crippen LogP contribution is 2.33. The minimum atomic E-state index is -0.137. The summed E-state index contributed by atoms with van der Waals surface area (Å²) in [5.41, 5.74) is 0. The molecule has 0 spiro atoms. The van der Waals surface area contributed by atoms with E-state index >= 15 is 0 Å². The number of rotatable bonds is 8. The molecular formula is C13H20O2S2. The number of carbonyl (C=O) groups is 1. The smallest absolute Gasteiger partial charge is 0.324 e. The number of ether oxygens (including phenoxy) is 1. The molecule has 0 aliphatic heterocycles. The molecule has 0 amide bonds. The fourth-order valence-corrected chi connectivity index (χ4v) is 3.69. The standard InChI is InChI=1S/C13H20O2S2/c1-3-4-5-6-9-17-12(13(14)15-2)11-8-7-10-16-11/h7-8,10,12H,3-6,9H2,1-2H3. The first-order chi connectivity index (χ1) is 8.29. The predicted octanol–water partition coefficient (Wildman–Crippen LogP) is 4.28. The van der Waals surface area contributed by atoms with Crippen LogP contribution < -0.4 is 0 Å². The molecule has 2 nitrogen and oxygen atoms in total. The monoisotopic (exact) mass is 272 g/mol. The van der Waals surface area contributed by atoms with Gasteiger partial charge in [0.05, 0.1) is 7.11 Å². The van der Waals surface area contributed by atoms with Gasteiger partial charge in [0.2, 0.25) is 0 Å². The van der Waals surface area contributed by atoms with Crippen LogP contribution in [0.3, 0.4) is 0 Å². The second-order valence-corrected chi connectivity index (χ2v) is 6.04. The Morgan fingerprint density at radius 1 is 1.47 bits per heavy atom. The van der Waals surface area contributed by atoms with Gasteiger partial charge in [-0.1, -0.05) is 32.3 Å². The number of carbonyl (C=O) groups excluding carboxylic acids is 1. The van der Waals surface area contributed by atoms with E-state index < -0.39 is 0 Å². The van der Waals surface area contributed by atoms with Crippen molar-refractivity contribution in [1.29, 1.82) is 0 Å². The molecule has 96 valence electrons. The lowest BCUT2D eigenvalue weighted by atomic mass is 10.2. The van der Waals surface area contributed by atoms with Crippen LogP contribution in [-0.2, 0) is 9.53 Å². The van der Waals surface area contributed by atoms with E-state index in [1.165, 1.54) is 32.8 Å². The highest BCUT2D eigenvalue weighted by atomic mass is 32.2. The number of esters is 1. The summed E-state index contributed by atoms with van der Waals surface area (Å²) in [6, 6.07) is 3.98. The average Bonchev–Trinajstić information content (AvgIpc) is 2.86. The molecule has 1 heterocycles. The fourth-order valence-electron chi connectivity index (χ4n) is 1.54. The molecule has 0 aromatic carbocycles. The first-order valence-electron chi connectivity index (χ1n) is 6.02. The SMILES string of the molecule is CCCCCCSC(C(=O)OC)c1cccs1. The van der Waals surface area contributed by atoms with Crippen molar-refractivity contribution in [2.45, 2.75) is 37.9 Å². The van der Waals surface area contributed by atoms with Crippen LogP contribution in [0.2, 0.25) is 0 Å². The Morgan fingerprint density at radius 2 is 2.29 bits per heavy atom. The molecule has 1 rings (SSSR count). The van der Waals surface area contributed by atoms with E-state index in [0.717, 1.165) is 10.6 Å². The van der Waals surface area contributed by atoms with Crippen molar-refractivity contribution in [3.8, 4) is 0 Å². The molecule has 0 aliphatic rings. The Balaban J connectivity index is 2.40. The van der Waals surface area contributed by atoms with Crippen molar-refractivity contribution in [1.82, 2.24) is 0 Å². The molecule has 1 unspecified atom stereocenters. The third kappa shape index (κ3) is 5.13. The minimum Gasteiger partial charge on any atom is -0.468 e. The van der Waals surface area contributed by atoms with Gasteiger partial charge >= 0.3 is 5.97 Å². The Hall–Kier alpha value is -0.480. The molecule has 1 atom stereocenters. The second kappa shape index (κ2) is 8.59. The second-order valence-electron chi connectivity index (χ2n) is 3.85. The van der Waals surface area contributed by atoms with Crippen molar-refractivity contribution in [2.75, 3.05) is 12.9 Å². The number of methoxy groups -OCH3 is 1. The summed E-state index contributed by atoms with van der Waals surface area (Å²) in [6.45, 7) is 2.20. The summed E-state index contributed by atoms with van der Waals surface area (Å²) in [5, 5.41) is 1.87. The normalized spacial score (nSPS) is 12.4. The van der Waals surface area contributed by atoms with Crippen molar-refractivity contribution < 1.29 is 9.53 Å². The van der Waals surface area contributed by atoms with E-state index in [1.54, 1.807) is 23.1 Å². The van der Waals surface area contributed by atoms with Gasteiger partial charge < -0.3 is 4.74 Å². The average molecular weight is 272 g/mol. The van der Waals surface area contributed by atoms with Crippen LogP contribution in [0.4, 0.5) is 0 Å². The summed E-state index contributed by atoms with van der Waals surface area (Å²) in [7, 11) is 1.46. The fraction of sp³-hybridized carbons (Fsp3) is 0.615. The molecule has 17 heavy (non-hydrogen) atoms.